The van der Waals surface area contributed by atoms with Gasteiger partial charge in [0.25, 0.3) is 5.91 Å². The van der Waals surface area contributed by atoms with Crippen LogP contribution in [0.25, 0.3) is 0 Å². The lowest BCUT2D eigenvalue weighted by Gasteiger charge is -2.30. The first-order chi connectivity index (χ1) is 12.2. The predicted molar refractivity (Wildman–Crippen MR) is 96.4 cm³/mol. The first-order valence-electron chi connectivity index (χ1n) is 8.54. The molecule has 1 unspecified atom stereocenters. The summed E-state index contributed by atoms with van der Waals surface area (Å²) in [6, 6.07) is 5.54. The van der Waals surface area contributed by atoms with Crippen LogP contribution in [0.1, 0.15) is 28.8 Å². The van der Waals surface area contributed by atoms with Crippen LogP contribution in [0.3, 0.4) is 0 Å². The highest BCUT2D eigenvalue weighted by Gasteiger charge is 2.29. The molecule has 2 aliphatic rings. The molecule has 1 saturated heterocycles. The Morgan fingerprint density at radius 1 is 1.48 bits per heavy atom. The molecule has 0 aliphatic carbocycles. The summed E-state index contributed by atoms with van der Waals surface area (Å²) in [6.45, 7) is 5.69. The van der Waals surface area contributed by atoms with Crippen LogP contribution >= 0.6 is 0 Å². The normalized spacial score (nSPS) is 19.0. The lowest BCUT2D eigenvalue weighted by molar-refractivity contribution is -0.114. The summed E-state index contributed by atoms with van der Waals surface area (Å²) < 4.78 is 5.40. The van der Waals surface area contributed by atoms with Gasteiger partial charge in [-0.25, -0.2) is 0 Å². The number of amides is 2. The molecule has 3 rings (SSSR count). The number of aryl methyl sites for hydroxylation is 1. The van der Waals surface area contributed by atoms with Crippen molar-refractivity contribution >= 4 is 17.5 Å². The molecule has 0 bridgehead atoms. The summed E-state index contributed by atoms with van der Waals surface area (Å²) in [5.74, 6) is 2.38. The molecule has 130 valence electrons. The minimum absolute atomic E-state index is 0.0263. The van der Waals surface area contributed by atoms with E-state index in [1.807, 2.05) is 12.1 Å². The third kappa shape index (κ3) is 3.45. The number of rotatable bonds is 4. The molecule has 25 heavy (non-hydrogen) atoms. The Bertz CT molecular complexity index is 729. The van der Waals surface area contributed by atoms with E-state index in [9.17, 15) is 9.59 Å². The maximum Gasteiger partial charge on any atom is 0.254 e. The predicted octanol–water partition coefficient (Wildman–Crippen LogP) is 2.02. The van der Waals surface area contributed by atoms with Crippen molar-refractivity contribution in [1.82, 2.24) is 4.90 Å². The van der Waals surface area contributed by atoms with Crippen LogP contribution in [0.4, 0.5) is 5.69 Å². The van der Waals surface area contributed by atoms with E-state index in [1.54, 1.807) is 15.9 Å². The zero-order chi connectivity index (χ0) is 17.8. The van der Waals surface area contributed by atoms with Crippen molar-refractivity contribution in [3.05, 3.63) is 42.0 Å². The Morgan fingerprint density at radius 2 is 2.32 bits per heavy atom. The highest BCUT2D eigenvalue weighted by molar-refractivity contribution is 6.02. The topological polar surface area (TPSA) is 49.9 Å². The van der Waals surface area contributed by atoms with E-state index in [2.05, 4.69) is 12.5 Å². The second kappa shape index (κ2) is 7.54. The quantitative estimate of drug-likeness (QED) is 0.623. The summed E-state index contributed by atoms with van der Waals surface area (Å²) >= 11 is 0. The van der Waals surface area contributed by atoms with Gasteiger partial charge in [-0.1, -0.05) is 12.5 Å². The number of hydrogen-bond acceptors (Lipinski definition) is 3. The molecule has 1 aromatic carbocycles. The van der Waals surface area contributed by atoms with Crippen molar-refractivity contribution < 1.29 is 14.3 Å². The maximum atomic E-state index is 13.0. The van der Waals surface area contributed by atoms with Crippen LogP contribution in [-0.4, -0.2) is 49.1 Å². The molecular formula is C20H22N2O3. The summed E-state index contributed by atoms with van der Waals surface area (Å²) in [6.07, 6.45) is 9.30. The molecule has 0 N–H and O–H groups in total. The fourth-order valence-corrected chi connectivity index (χ4v) is 3.47. The van der Waals surface area contributed by atoms with Crippen LogP contribution in [0.5, 0.6) is 0 Å². The molecule has 1 atom stereocenters. The Kier molecular flexibility index (Phi) is 5.20. The van der Waals surface area contributed by atoms with Crippen LogP contribution < -0.4 is 4.90 Å². The van der Waals surface area contributed by atoms with Crippen LogP contribution in [0.15, 0.2) is 30.9 Å². The number of terminal acetylenes is 1. The summed E-state index contributed by atoms with van der Waals surface area (Å²) in [4.78, 5) is 28.4. The van der Waals surface area contributed by atoms with Gasteiger partial charge in [0, 0.05) is 24.4 Å². The van der Waals surface area contributed by atoms with Gasteiger partial charge < -0.3 is 14.5 Å². The molecule has 2 heterocycles. The minimum atomic E-state index is -0.114. The van der Waals surface area contributed by atoms with Crippen molar-refractivity contribution in [3.8, 4) is 12.3 Å². The highest BCUT2D eigenvalue weighted by Crippen LogP contribution is 2.29. The Balaban J connectivity index is 1.87. The third-order valence-electron chi connectivity index (χ3n) is 4.75. The first-order valence-corrected chi connectivity index (χ1v) is 8.54. The van der Waals surface area contributed by atoms with E-state index in [0.717, 1.165) is 30.5 Å². The van der Waals surface area contributed by atoms with Gasteiger partial charge in [-0.2, -0.15) is 0 Å². The smallest absolute Gasteiger partial charge is 0.254 e. The van der Waals surface area contributed by atoms with Crippen LogP contribution in [0, 0.1) is 12.3 Å². The summed E-state index contributed by atoms with van der Waals surface area (Å²) in [5.41, 5.74) is 2.48. The molecular weight excluding hydrogens is 316 g/mol. The van der Waals surface area contributed by atoms with Gasteiger partial charge in [0.05, 0.1) is 19.2 Å². The number of ether oxygens (including phenoxy) is 1. The highest BCUT2D eigenvalue weighted by atomic mass is 16.5. The Morgan fingerprint density at radius 3 is 3.00 bits per heavy atom. The fraction of sp³-hybridized carbons (Fsp3) is 0.400. The number of anilines is 1. The summed E-state index contributed by atoms with van der Waals surface area (Å²) in [7, 11) is 0. The molecule has 5 nitrogen and oxygen atoms in total. The van der Waals surface area contributed by atoms with Crippen molar-refractivity contribution in [2.24, 2.45) is 0 Å². The van der Waals surface area contributed by atoms with E-state index in [0.29, 0.717) is 25.3 Å². The lowest BCUT2D eigenvalue weighted by atomic mass is 9.98. The van der Waals surface area contributed by atoms with Gasteiger partial charge in [-0.15, -0.1) is 6.42 Å². The second-order valence-corrected chi connectivity index (χ2v) is 6.30. The second-order valence-electron chi connectivity index (χ2n) is 6.30. The number of nitrogens with zero attached hydrogens (tertiary/aromatic N) is 2. The Hall–Kier alpha value is -2.58. The van der Waals surface area contributed by atoms with Crippen molar-refractivity contribution in [1.29, 1.82) is 0 Å². The number of benzene rings is 1. The fourth-order valence-electron chi connectivity index (χ4n) is 3.47. The van der Waals surface area contributed by atoms with E-state index in [1.165, 1.54) is 6.08 Å². The summed E-state index contributed by atoms with van der Waals surface area (Å²) in [5, 5.41) is 0. The average molecular weight is 338 g/mol. The molecule has 0 aromatic heterocycles. The van der Waals surface area contributed by atoms with Crippen LogP contribution in [-0.2, 0) is 16.0 Å². The standard InChI is InChI=1S/C20H22N2O3/c1-3-10-21(17-9-12-25-14-17)20(24)16-7-8-18-15(13-16)6-5-11-22(18)19(23)4-2/h1,4,7-8,13,17H,2,5-6,9-12,14H2. The molecule has 1 aromatic rings. The molecule has 5 heteroatoms. The van der Waals surface area contributed by atoms with E-state index >= 15 is 0 Å². The van der Waals surface area contributed by atoms with Crippen molar-refractivity contribution in [3.63, 3.8) is 0 Å². The van der Waals surface area contributed by atoms with E-state index in [4.69, 9.17) is 11.2 Å². The largest absolute Gasteiger partial charge is 0.379 e. The first kappa shape index (κ1) is 17.2. The van der Waals surface area contributed by atoms with Gasteiger partial charge >= 0.3 is 0 Å². The molecule has 0 saturated carbocycles. The van der Waals surface area contributed by atoms with Gasteiger partial charge in [0.1, 0.15) is 0 Å². The average Bonchev–Trinajstić information content (AvgIpc) is 3.18. The molecule has 1 fully saturated rings. The van der Waals surface area contributed by atoms with E-state index in [-0.39, 0.29) is 24.4 Å². The van der Waals surface area contributed by atoms with Crippen molar-refractivity contribution in [2.75, 3.05) is 31.2 Å². The zero-order valence-electron chi connectivity index (χ0n) is 14.2. The SMILES string of the molecule is C#CCN(C(=O)c1ccc2c(c1)CCCN2C(=O)C=C)C1CCOC1. The minimum Gasteiger partial charge on any atom is -0.379 e. The number of carbonyl (C=O) groups is 2. The Labute approximate surface area is 148 Å². The number of fused-ring (bicyclic) bond motifs is 1. The molecule has 0 spiro atoms. The van der Waals surface area contributed by atoms with Gasteiger partial charge in [-0.05, 0) is 49.1 Å². The monoisotopic (exact) mass is 338 g/mol. The lowest BCUT2D eigenvalue weighted by Crippen LogP contribution is -2.41. The van der Waals surface area contributed by atoms with Gasteiger partial charge in [0.15, 0.2) is 0 Å². The molecule has 2 amide bonds. The maximum absolute atomic E-state index is 13.0. The molecule has 2 aliphatic heterocycles. The third-order valence-corrected chi connectivity index (χ3v) is 4.75. The van der Waals surface area contributed by atoms with Gasteiger partial charge in [-0.3, -0.25) is 9.59 Å². The van der Waals surface area contributed by atoms with Crippen molar-refractivity contribution in [2.45, 2.75) is 25.3 Å². The van der Waals surface area contributed by atoms with Crippen LogP contribution in [0.2, 0.25) is 0 Å². The number of carbonyl (C=O) groups excluding carboxylic acids is 2. The van der Waals surface area contributed by atoms with E-state index < -0.39 is 0 Å². The zero-order valence-corrected chi connectivity index (χ0v) is 14.2. The molecule has 0 radical (unpaired) electrons. The van der Waals surface area contributed by atoms with Gasteiger partial charge in [0.2, 0.25) is 5.91 Å². The number of hydrogen-bond donors (Lipinski definition) is 0.